The summed E-state index contributed by atoms with van der Waals surface area (Å²) >= 11 is 0. The molecule has 2 heterocycles. The first-order chi connectivity index (χ1) is 9.45. The van der Waals surface area contributed by atoms with Crippen LogP contribution in [0.1, 0.15) is 11.1 Å². The van der Waals surface area contributed by atoms with Gasteiger partial charge in [-0.3, -0.25) is 9.13 Å². The highest BCUT2D eigenvalue weighted by Crippen LogP contribution is 2.75. The first kappa shape index (κ1) is 12.3. The zero-order valence-electron chi connectivity index (χ0n) is 10.2. The molecule has 2 aromatic rings. The van der Waals surface area contributed by atoms with Gasteiger partial charge in [-0.15, -0.1) is 0 Å². The minimum Gasteiger partial charge on any atom is -0.338 e. The molecule has 4 rings (SSSR count). The van der Waals surface area contributed by atoms with Crippen molar-refractivity contribution in [3.05, 3.63) is 59.7 Å². The van der Waals surface area contributed by atoms with Gasteiger partial charge in [0.2, 0.25) is 0 Å². The third-order valence-electron chi connectivity index (χ3n) is 3.80. The number of rotatable bonds is 0. The molecule has 0 bridgehead atoms. The lowest BCUT2D eigenvalue weighted by Crippen LogP contribution is -2.11. The van der Waals surface area contributed by atoms with Crippen LogP contribution in [0.4, 0.5) is 0 Å². The number of fused-ring (bicyclic) bond motifs is 4. The SMILES string of the molecule is O=P1(O)C2=C(c3ccccc31)P(=O)(O)c1ccccc12. The Labute approximate surface area is 115 Å². The molecule has 0 spiro atoms. The Morgan fingerprint density at radius 2 is 1.00 bits per heavy atom. The van der Waals surface area contributed by atoms with Crippen LogP contribution in [0.5, 0.6) is 0 Å². The van der Waals surface area contributed by atoms with Gasteiger partial charge in [0.15, 0.2) is 0 Å². The molecule has 6 heteroatoms. The molecule has 100 valence electrons. The molecule has 2 aliphatic heterocycles. The van der Waals surface area contributed by atoms with Gasteiger partial charge in [-0.25, -0.2) is 0 Å². The molecule has 0 aromatic heterocycles. The largest absolute Gasteiger partial charge is 0.338 e. The highest BCUT2D eigenvalue weighted by Gasteiger charge is 2.52. The van der Waals surface area contributed by atoms with Crippen LogP contribution in [-0.2, 0) is 9.13 Å². The molecule has 2 atom stereocenters. The fraction of sp³-hybridized carbons (Fsp3) is 0. The van der Waals surface area contributed by atoms with Gasteiger partial charge < -0.3 is 9.79 Å². The van der Waals surface area contributed by atoms with Crippen molar-refractivity contribution in [2.45, 2.75) is 0 Å². The molecule has 0 saturated carbocycles. The van der Waals surface area contributed by atoms with Gasteiger partial charge in [0, 0.05) is 21.7 Å². The van der Waals surface area contributed by atoms with Gasteiger partial charge >= 0.3 is 0 Å². The van der Waals surface area contributed by atoms with Crippen LogP contribution in [0, 0.1) is 0 Å². The van der Waals surface area contributed by atoms with Crippen LogP contribution in [0.3, 0.4) is 0 Å². The van der Waals surface area contributed by atoms with Crippen molar-refractivity contribution in [1.29, 1.82) is 0 Å². The van der Waals surface area contributed by atoms with Crippen LogP contribution in [0.25, 0.3) is 10.6 Å². The van der Waals surface area contributed by atoms with Crippen LogP contribution in [0.15, 0.2) is 48.5 Å². The fourth-order valence-corrected chi connectivity index (χ4v) is 7.92. The van der Waals surface area contributed by atoms with Crippen LogP contribution in [0.2, 0.25) is 0 Å². The Kier molecular flexibility index (Phi) is 2.22. The summed E-state index contributed by atoms with van der Waals surface area (Å²) in [6.45, 7) is 0. The predicted molar refractivity (Wildman–Crippen MR) is 78.6 cm³/mol. The van der Waals surface area contributed by atoms with Gasteiger partial charge in [-0.05, 0) is 12.1 Å². The summed E-state index contributed by atoms with van der Waals surface area (Å²) in [4.78, 5) is 20.9. The van der Waals surface area contributed by atoms with Crippen molar-refractivity contribution in [2.75, 3.05) is 0 Å². The van der Waals surface area contributed by atoms with Crippen molar-refractivity contribution in [1.82, 2.24) is 0 Å². The Morgan fingerprint density at radius 3 is 1.40 bits per heavy atom. The van der Waals surface area contributed by atoms with E-state index in [0.717, 1.165) is 0 Å². The molecule has 0 fully saturated rings. The molecule has 2 aromatic carbocycles. The molecular weight excluding hydrogens is 294 g/mol. The number of hydrogen-bond donors (Lipinski definition) is 2. The predicted octanol–water partition coefficient (Wildman–Crippen LogP) is 2.33. The lowest BCUT2D eigenvalue weighted by molar-refractivity contribution is 0.500. The average Bonchev–Trinajstić information content (AvgIpc) is 2.82. The quantitative estimate of drug-likeness (QED) is 0.733. The Bertz CT molecular complexity index is 824. The normalized spacial score (nSPS) is 30.1. The highest BCUT2D eigenvalue weighted by molar-refractivity contribution is 7.85. The lowest BCUT2D eigenvalue weighted by Gasteiger charge is -2.14. The molecule has 4 nitrogen and oxygen atoms in total. The molecule has 0 saturated heterocycles. The third kappa shape index (κ3) is 1.25. The summed E-state index contributed by atoms with van der Waals surface area (Å²) in [5.74, 6) is 0. The molecular formula is C14H10O4P2. The van der Waals surface area contributed by atoms with E-state index in [4.69, 9.17) is 0 Å². The van der Waals surface area contributed by atoms with Gasteiger partial charge in [-0.1, -0.05) is 36.4 Å². The molecule has 2 aliphatic rings. The zero-order chi connectivity index (χ0) is 14.1. The maximum absolute atomic E-state index is 12.8. The van der Waals surface area contributed by atoms with E-state index in [1.54, 1.807) is 48.5 Å². The standard InChI is InChI=1S/C14H10O4P2/c15-19(16)11-7-3-1-5-9(11)13-14(19)10-6-2-4-8-12(10)20(13,17)18/h1-8H,(H,15,16)(H,17,18). The number of benzene rings is 2. The van der Waals surface area contributed by atoms with Gasteiger partial charge in [0.05, 0.1) is 10.6 Å². The summed E-state index contributed by atoms with van der Waals surface area (Å²) in [7, 11) is -7.60. The van der Waals surface area contributed by atoms with Crippen molar-refractivity contribution in [3.8, 4) is 0 Å². The molecule has 0 radical (unpaired) electrons. The summed E-state index contributed by atoms with van der Waals surface area (Å²) in [5.41, 5.74) is 0.853. The second-order valence-electron chi connectivity index (χ2n) is 4.88. The Balaban J connectivity index is 2.19. The molecule has 0 aliphatic carbocycles. The summed E-state index contributed by atoms with van der Waals surface area (Å²) in [6, 6.07) is 13.1. The second-order valence-corrected chi connectivity index (χ2v) is 9.05. The van der Waals surface area contributed by atoms with E-state index in [1.807, 2.05) is 0 Å². The molecule has 0 amide bonds. The van der Waals surface area contributed by atoms with Crippen LogP contribution >= 0.6 is 14.7 Å². The van der Waals surface area contributed by atoms with E-state index in [0.29, 0.717) is 11.1 Å². The number of hydrogen-bond acceptors (Lipinski definition) is 2. The fourth-order valence-electron chi connectivity index (χ4n) is 2.99. The summed E-state index contributed by atoms with van der Waals surface area (Å²) in [5, 5.41) is 0.794. The minimum atomic E-state index is -3.80. The molecule has 2 unspecified atom stereocenters. The van der Waals surface area contributed by atoms with E-state index < -0.39 is 14.7 Å². The van der Waals surface area contributed by atoms with Gasteiger partial charge in [-0.2, -0.15) is 0 Å². The summed E-state index contributed by atoms with van der Waals surface area (Å²) in [6.07, 6.45) is 0. The maximum atomic E-state index is 12.8. The Morgan fingerprint density at radius 1 is 0.650 bits per heavy atom. The van der Waals surface area contributed by atoms with Gasteiger partial charge in [0.25, 0.3) is 14.7 Å². The summed E-state index contributed by atoms with van der Waals surface area (Å²) < 4.78 is 25.5. The second kappa shape index (κ2) is 3.60. The van der Waals surface area contributed by atoms with Crippen molar-refractivity contribution in [2.24, 2.45) is 0 Å². The Hall–Kier alpha value is -1.44. The van der Waals surface area contributed by atoms with E-state index >= 15 is 0 Å². The maximum Gasteiger partial charge on any atom is 0.260 e. The third-order valence-corrected chi connectivity index (χ3v) is 8.21. The van der Waals surface area contributed by atoms with E-state index in [2.05, 4.69) is 0 Å². The average molecular weight is 304 g/mol. The molecule has 2 N–H and O–H groups in total. The van der Waals surface area contributed by atoms with E-state index in [-0.39, 0.29) is 21.2 Å². The highest BCUT2D eigenvalue weighted by atomic mass is 31.2. The van der Waals surface area contributed by atoms with Crippen molar-refractivity contribution >= 4 is 36.0 Å². The minimum absolute atomic E-state index is 0.139. The van der Waals surface area contributed by atoms with Gasteiger partial charge in [0.1, 0.15) is 0 Å². The monoisotopic (exact) mass is 304 g/mol. The lowest BCUT2D eigenvalue weighted by atomic mass is 10.1. The van der Waals surface area contributed by atoms with Crippen molar-refractivity contribution < 1.29 is 18.9 Å². The first-order valence-electron chi connectivity index (χ1n) is 6.06. The van der Waals surface area contributed by atoms with Crippen molar-refractivity contribution in [3.63, 3.8) is 0 Å². The van der Waals surface area contributed by atoms with Crippen LogP contribution in [-0.4, -0.2) is 9.79 Å². The smallest absolute Gasteiger partial charge is 0.260 e. The zero-order valence-corrected chi connectivity index (χ0v) is 12.0. The first-order valence-corrected chi connectivity index (χ1v) is 9.38. The van der Waals surface area contributed by atoms with Crippen LogP contribution < -0.4 is 10.6 Å². The molecule has 20 heavy (non-hydrogen) atoms. The van der Waals surface area contributed by atoms with E-state index in [9.17, 15) is 18.9 Å². The van der Waals surface area contributed by atoms with E-state index in [1.165, 1.54) is 0 Å². The topological polar surface area (TPSA) is 74.6 Å².